The van der Waals surface area contributed by atoms with Crippen molar-refractivity contribution in [2.75, 3.05) is 0 Å². The number of nitrogens with one attached hydrogen (secondary N) is 1. The predicted molar refractivity (Wildman–Crippen MR) is 118 cm³/mol. The summed E-state index contributed by atoms with van der Waals surface area (Å²) in [6.07, 6.45) is -1.01. The Morgan fingerprint density at radius 3 is 2.33 bits per heavy atom. The van der Waals surface area contributed by atoms with Gasteiger partial charge in [0.05, 0.1) is 5.02 Å². The van der Waals surface area contributed by atoms with E-state index in [4.69, 9.17) is 38.2 Å². The lowest BCUT2D eigenvalue weighted by Gasteiger charge is -2.05. The van der Waals surface area contributed by atoms with Crippen LogP contribution in [0, 0.1) is 0 Å². The minimum Gasteiger partial charge on any atom is -0.450 e. The molecule has 0 spiro atoms. The Morgan fingerprint density at radius 1 is 1.03 bits per heavy atom. The molecule has 0 radical (unpaired) electrons. The number of benzene rings is 2. The standard InChI is InChI=1S/C19H15Cl2NO2S2.CH2O3/c20-13-6-7-14(16(21)10-13)18-8-9-19(25-18)26(23,24)22-17-11-15(17)12-4-2-1-3-5-12;2-1(3)4/h1-10,15,17,22H,11H2;(H2,2,3,4)/t15-,17+;/m1./s1. The van der Waals surface area contributed by atoms with Gasteiger partial charge in [0, 0.05) is 27.4 Å². The summed E-state index contributed by atoms with van der Waals surface area (Å²) in [6, 6.07) is 18.5. The highest BCUT2D eigenvalue weighted by Gasteiger charge is 2.41. The van der Waals surface area contributed by atoms with Crippen LogP contribution in [0.5, 0.6) is 0 Å². The van der Waals surface area contributed by atoms with Gasteiger partial charge in [0.2, 0.25) is 10.0 Å². The van der Waals surface area contributed by atoms with Crippen LogP contribution in [0.3, 0.4) is 0 Å². The van der Waals surface area contributed by atoms with Gasteiger partial charge in [-0.2, -0.15) is 0 Å². The Balaban J connectivity index is 0.000000589. The van der Waals surface area contributed by atoms with E-state index in [1.165, 1.54) is 16.9 Å². The van der Waals surface area contributed by atoms with Crippen LogP contribution in [0.15, 0.2) is 64.9 Å². The molecule has 6 nitrogen and oxygen atoms in total. The summed E-state index contributed by atoms with van der Waals surface area (Å²) >= 11 is 13.4. The van der Waals surface area contributed by atoms with Gasteiger partial charge in [-0.25, -0.2) is 17.9 Å². The normalized spacial score (nSPS) is 17.7. The van der Waals surface area contributed by atoms with Crippen molar-refractivity contribution in [3.8, 4) is 10.4 Å². The molecule has 1 aromatic heterocycles. The summed E-state index contributed by atoms with van der Waals surface area (Å²) in [5, 5.41) is 15.0. The molecule has 2 atom stereocenters. The smallest absolute Gasteiger partial charge is 0.450 e. The Labute approximate surface area is 187 Å². The van der Waals surface area contributed by atoms with E-state index >= 15 is 0 Å². The molecular formula is C20H17Cl2NO5S2. The third-order valence-corrected chi connectivity index (χ3v) is 8.02. The van der Waals surface area contributed by atoms with E-state index in [0.717, 1.165) is 16.9 Å². The maximum Gasteiger partial charge on any atom is 0.503 e. The molecule has 0 unspecified atom stereocenters. The average Bonchev–Trinajstić information content (AvgIpc) is 3.23. The van der Waals surface area contributed by atoms with Gasteiger partial charge < -0.3 is 10.2 Å². The molecule has 4 rings (SSSR count). The monoisotopic (exact) mass is 485 g/mol. The summed E-state index contributed by atoms with van der Waals surface area (Å²) in [4.78, 5) is 9.35. The van der Waals surface area contributed by atoms with E-state index in [1.54, 1.807) is 30.3 Å². The number of sulfonamides is 1. The molecule has 10 heteroatoms. The van der Waals surface area contributed by atoms with E-state index < -0.39 is 16.2 Å². The minimum absolute atomic E-state index is 0.0490. The highest BCUT2D eigenvalue weighted by Crippen LogP contribution is 2.42. The Kier molecular flexibility index (Phi) is 7.05. The first kappa shape index (κ1) is 22.6. The summed E-state index contributed by atoms with van der Waals surface area (Å²) in [5.41, 5.74) is 1.94. The van der Waals surface area contributed by atoms with Crippen LogP contribution in [0.4, 0.5) is 4.79 Å². The van der Waals surface area contributed by atoms with Crippen LogP contribution < -0.4 is 4.72 Å². The van der Waals surface area contributed by atoms with Crippen LogP contribution in [-0.2, 0) is 10.0 Å². The molecule has 0 aliphatic heterocycles. The second-order valence-electron chi connectivity index (χ2n) is 6.51. The predicted octanol–water partition coefficient (Wildman–Crippen LogP) is 5.78. The second kappa shape index (κ2) is 9.36. The van der Waals surface area contributed by atoms with Crippen LogP contribution in [0.1, 0.15) is 17.9 Å². The molecule has 0 amide bonds. The number of hydrogen-bond acceptors (Lipinski definition) is 4. The molecular weight excluding hydrogens is 469 g/mol. The molecule has 30 heavy (non-hydrogen) atoms. The van der Waals surface area contributed by atoms with Gasteiger partial charge >= 0.3 is 6.16 Å². The van der Waals surface area contributed by atoms with E-state index in [9.17, 15) is 8.42 Å². The van der Waals surface area contributed by atoms with Crippen molar-refractivity contribution in [2.45, 2.75) is 22.6 Å². The van der Waals surface area contributed by atoms with Gasteiger partial charge in [-0.15, -0.1) is 11.3 Å². The molecule has 1 heterocycles. The largest absolute Gasteiger partial charge is 0.503 e. The lowest BCUT2D eigenvalue weighted by Crippen LogP contribution is -2.26. The molecule has 0 saturated heterocycles. The van der Waals surface area contributed by atoms with Gasteiger partial charge in [0.1, 0.15) is 4.21 Å². The van der Waals surface area contributed by atoms with Gasteiger partial charge in [0.25, 0.3) is 0 Å². The topological polar surface area (TPSA) is 104 Å². The number of hydrogen-bond donors (Lipinski definition) is 3. The number of thiophene rings is 1. The summed E-state index contributed by atoms with van der Waals surface area (Å²) in [6.45, 7) is 0. The third-order valence-electron chi connectivity index (χ3n) is 4.37. The first-order valence-electron chi connectivity index (χ1n) is 8.72. The SMILES string of the molecule is O=C(O)O.O=S(=O)(N[C@H]1C[C@@H]1c1ccccc1)c1ccc(-c2ccc(Cl)cc2Cl)s1. The summed E-state index contributed by atoms with van der Waals surface area (Å²) in [7, 11) is -3.55. The van der Waals surface area contributed by atoms with Gasteiger partial charge in [-0.3, -0.25) is 0 Å². The molecule has 3 aromatic rings. The zero-order chi connectivity index (χ0) is 21.9. The first-order chi connectivity index (χ1) is 14.2. The Hall–Kier alpha value is -2.10. The third kappa shape index (κ3) is 5.74. The van der Waals surface area contributed by atoms with Crippen molar-refractivity contribution in [1.82, 2.24) is 4.72 Å². The van der Waals surface area contributed by atoms with Gasteiger partial charge in [-0.1, -0.05) is 59.6 Å². The molecule has 3 N–H and O–H groups in total. The number of carbonyl (C=O) groups is 1. The lowest BCUT2D eigenvalue weighted by molar-refractivity contribution is 0.137. The van der Waals surface area contributed by atoms with Crippen LogP contribution in [0.2, 0.25) is 10.0 Å². The van der Waals surface area contributed by atoms with E-state index in [1.807, 2.05) is 30.3 Å². The Bertz CT molecular complexity index is 1150. The van der Waals surface area contributed by atoms with Crippen molar-refractivity contribution < 1.29 is 23.4 Å². The average molecular weight is 486 g/mol. The molecule has 1 fully saturated rings. The zero-order valence-corrected chi connectivity index (χ0v) is 18.5. The fourth-order valence-electron chi connectivity index (χ4n) is 2.95. The van der Waals surface area contributed by atoms with Crippen molar-refractivity contribution in [2.24, 2.45) is 0 Å². The second-order valence-corrected chi connectivity index (χ2v) is 10.4. The first-order valence-corrected chi connectivity index (χ1v) is 11.8. The van der Waals surface area contributed by atoms with Crippen LogP contribution >= 0.6 is 34.5 Å². The molecule has 1 aliphatic rings. The van der Waals surface area contributed by atoms with Crippen molar-refractivity contribution in [1.29, 1.82) is 0 Å². The van der Waals surface area contributed by atoms with E-state index in [0.29, 0.717) is 10.0 Å². The van der Waals surface area contributed by atoms with Crippen molar-refractivity contribution in [3.63, 3.8) is 0 Å². The number of halogens is 2. The lowest BCUT2D eigenvalue weighted by atomic mass is 10.1. The molecule has 1 aliphatic carbocycles. The van der Waals surface area contributed by atoms with E-state index in [-0.39, 0.29) is 16.2 Å². The highest BCUT2D eigenvalue weighted by molar-refractivity contribution is 7.91. The van der Waals surface area contributed by atoms with Crippen molar-refractivity contribution in [3.05, 3.63) is 76.3 Å². The maximum atomic E-state index is 12.7. The van der Waals surface area contributed by atoms with Crippen molar-refractivity contribution >= 4 is 50.7 Å². The summed E-state index contributed by atoms with van der Waals surface area (Å²) in [5.74, 6) is 0.246. The number of rotatable bonds is 5. The summed E-state index contributed by atoms with van der Waals surface area (Å²) < 4.78 is 28.5. The molecule has 158 valence electrons. The molecule has 2 aromatic carbocycles. The zero-order valence-electron chi connectivity index (χ0n) is 15.3. The fourth-order valence-corrected chi connectivity index (χ4v) is 6.17. The van der Waals surface area contributed by atoms with Crippen LogP contribution in [0.25, 0.3) is 10.4 Å². The van der Waals surface area contributed by atoms with Gasteiger partial charge in [-0.05, 0) is 36.2 Å². The molecule has 0 bridgehead atoms. The molecule has 1 saturated carbocycles. The number of carboxylic acid groups (broad SMARTS) is 2. The minimum atomic E-state index is -3.55. The fraction of sp³-hybridized carbons (Fsp3) is 0.150. The maximum absolute atomic E-state index is 12.7. The van der Waals surface area contributed by atoms with E-state index in [2.05, 4.69) is 4.72 Å². The van der Waals surface area contributed by atoms with Crippen LogP contribution in [-0.4, -0.2) is 30.8 Å². The Morgan fingerprint density at radius 2 is 1.70 bits per heavy atom. The quantitative estimate of drug-likeness (QED) is 0.424. The highest BCUT2D eigenvalue weighted by atomic mass is 35.5. The van der Waals surface area contributed by atoms with Gasteiger partial charge in [0.15, 0.2) is 0 Å².